The summed E-state index contributed by atoms with van der Waals surface area (Å²) in [6.45, 7) is 0. The molecular formula is C9H10. The number of hydrogen-bond donors (Lipinski definition) is 0. The zero-order chi connectivity index (χ0) is 5.48. The molecule has 5 fully saturated rings. The summed E-state index contributed by atoms with van der Waals surface area (Å²) in [5, 5.41) is 0. The minimum absolute atomic E-state index is 1.09. The molecule has 0 heterocycles. The summed E-state index contributed by atoms with van der Waals surface area (Å²) in [5.74, 6) is 2.61. The lowest BCUT2D eigenvalue weighted by molar-refractivity contribution is 0.115. The highest BCUT2D eigenvalue weighted by molar-refractivity contribution is 5.69. The summed E-state index contributed by atoms with van der Waals surface area (Å²) in [4.78, 5) is 0. The SMILES string of the molecule is C1CC23C1C21C2CCC231. The maximum Gasteiger partial charge on any atom is -0.00995 e. The lowest BCUT2D eigenvalue weighted by Crippen LogP contribution is -2.29. The monoisotopic (exact) mass is 118 g/mol. The van der Waals surface area contributed by atoms with Crippen LogP contribution in [0, 0.1) is 28.1 Å². The lowest BCUT2D eigenvalue weighted by atomic mass is 9.67. The Balaban J connectivity index is 1.91. The summed E-state index contributed by atoms with van der Waals surface area (Å²) < 4.78 is 0. The fourth-order valence-corrected chi connectivity index (χ4v) is 5.90. The zero-order valence-corrected chi connectivity index (χ0v) is 5.48. The summed E-state index contributed by atoms with van der Waals surface area (Å²) in [6, 6.07) is 0. The van der Waals surface area contributed by atoms with E-state index in [1.54, 1.807) is 25.7 Å². The molecule has 0 nitrogen and oxygen atoms in total. The van der Waals surface area contributed by atoms with E-state index < -0.39 is 0 Å². The number of hydrogen-bond acceptors (Lipinski definition) is 0. The molecule has 5 aliphatic rings. The smallest absolute Gasteiger partial charge is 0.00995 e. The molecule has 0 amide bonds. The molecule has 0 aromatic heterocycles. The second kappa shape index (κ2) is 0.500. The second-order valence-corrected chi connectivity index (χ2v) is 4.99. The van der Waals surface area contributed by atoms with Gasteiger partial charge in [-0.1, -0.05) is 0 Å². The van der Waals surface area contributed by atoms with E-state index in [0.29, 0.717) is 0 Å². The molecule has 0 aromatic carbocycles. The van der Waals surface area contributed by atoms with Crippen molar-refractivity contribution in [2.45, 2.75) is 25.7 Å². The Morgan fingerprint density at radius 2 is 1.44 bits per heavy atom. The van der Waals surface area contributed by atoms with E-state index in [0.717, 1.165) is 16.2 Å². The predicted octanol–water partition coefficient (Wildman–Crippen LogP) is 1.81. The van der Waals surface area contributed by atoms with Crippen molar-refractivity contribution in [2.24, 2.45) is 28.1 Å². The first kappa shape index (κ1) is 3.41. The van der Waals surface area contributed by atoms with Crippen LogP contribution < -0.4 is 0 Å². The predicted molar refractivity (Wildman–Crippen MR) is 32.7 cm³/mol. The largest absolute Gasteiger partial charge is 0.0487 e. The van der Waals surface area contributed by atoms with Crippen molar-refractivity contribution in [1.29, 1.82) is 0 Å². The van der Waals surface area contributed by atoms with Gasteiger partial charge in [-0.15, -0.1) is 0 Å². The average molecular weight is 118 g/mol. The summed E-state index contributed by atoms with van der Waals surface area (Å²) in [5.41, 5.74) is 3.27. The minimum Gasteiger partial charge on any atom is -0.0487 e. The highest BCUT2D eigenvalue weighted by Gasteiger charge is 3.23. The Labute approximate surface area is 54.6 Å². The van der Waals surface area contributed by atoms with Crippen LogP contribution in [-0.4, -0.2) is 0 Å². The molecule has 0 radical (unpaired) electrons. The first-order chi connectivity index (χ1) is 4.43. The standard InChI is InChI=1S/C9H10/c1-3-7-5(1)9(7)6-2-4-8(6,7)9/h5-6H,1-4H2. The average Bonchev–Trinajstić information content (AvgIpc) is 2.46. The normalized spacial score (nSPS) is 98.7. The van der Waals surface area contributed by atoms with Crippen LogP contribution in [-0.2, 0) is 0 Å². The minimum atomic E-state index is 1.09. The van der Waals surface area contributed by atoms with Gasteiger partial charge in [-0.05, 0) is 53.8 Å². The maximum absolute atomic E-state index is 1.65. The topological polar surface area (TPSA) is 0 Å². The van der Waals surface area contributed by atoms with E-state index in [2.05, 4.69) is 0 Å². The van der Waals surface area contributed by atoms with Gasteiger partial charge in [0.2, 0.25) is 0 Å². The molecule has 4 unspecified atom stereocenters. The molecule has 9 heavy (non-hydrogen) atoms. The van der Waals surface area contributed by atoms with Gasteiger partial charge < -0.3 is 0 Å². The molecule has 0 aromatic rings. The van der Waals surface area contributed by atoms with Gasteiger partial charge in [-0.2, -0.15) is 0 Å². The van der Waals surface area contributed by atoms with Gasteiger partial charge in [0.1, 0.15) is 0 Å². The fourth-order valence-electron chi connectivity index (χ4n) is 5.90. The first-order valence-electron chi connectivity index (χ1n) is 4.43. The van der Waals surface area contributed by atoms with Crippen LogP contribution in [0.3, 0.4) is 0 Å². The van der Waals surface area contributed by atoms with Gasteiger partial charge in [0, 0.05) is 0 Å². The highest BCUT2D eigenvalue weighted by atomic mass is 15.3. The third kappa shape index (κ3) is 0.0886. The summed E-state index contributed by atoms with van der Waals surface area (Å²) >= 11 is 0. The molecule has 5 aliphatic carbocycles. The van der Waals surface area contributed by atoms with Gasteiger partial charge >= 0.3 is 0 Å². The molecule has 4 atom stereocenters. The van der Waals surface area contributed by atoms with Crippen LogP contribution >= 0.6 is 0 Å². The van der Waals surface area contributed by atoms with Crippen molar-refractivity contribution in [1.82, 2.24) is 0 Å². The van der Waals surface area contributed by atoms with Gasteiger partial charge in [0.25, 0.3) is 0 Å². The van der Waals surface area contributed by atoms with E-state index in [1.165, 1.54) is 11.8 Å². The second-order valence-electron chi connectivity index (χ2n) is 4.99. The third-order valence-electron chi connectivity index (χ3n) is 5.99. The quantitative estimate of drug-likeness (QED) is 0.455. The van der Waals surface area contributed by atoms with E-state index >= 15 is 0 Å². The van der Waals surface area contributed by atoms with Crippen LogP contribution in [0.25, 0.3) is 0 Å². The van der Waals surface area contributed by atoms with Crippen molar-refractivity contribution in [3.8, 4) is 0 Å². The van der Waals surface area contributed by atoms with E-state index in [4.69, 9.17) is 0 Å². The molecule has 0 N–H and O–H groups in total. The van der Waals surface area contributed by atoms with Gasteiger partial charge in [0.15, 0.2) is 0 Å². The molecule has 5 rings (SSSR count). The summed E-state index contributed by atoms with van der Waals surface area (Å²) in [7, 11) is 0. The zero-order valence-electron chi connectivity index (χ0n) is 5.48. The highest BCUT2D eigenvalue weighted by Crippen LogP contribution is 3.27. The van der Waals surface area contributed by atoms with Crippen molar-refractivity contribution in [3.05, 3.63) is 0 Å². The van der Waals surface area contributed by atoms with E-state index in [9.17, 15) is 0 Å². The Morgan fingerprint density at radius 1 is 0.889 bits per heavy atom. The molecule has 0 saturated heterocycles. The summed E-state index contributed by atoms with van der Waals surface area (Å²) in [6.07, 6.45) is 6.54. The van der Waals surface area contributed by atoms with Crippen molar-refractivity contribution >= 4 is 0 Å². The van der Waals surface area contributed by atoms with Crippen LogP contribution in [0.5, 0.6) is 0 Å². The molecule has 0 aliphatic heterocycles. The van der Waals surface area contributed by atoms with Crippen LogP contribution in [0.1, 0.15) is 25.7 Å². The molecule has 46 valence electrons. The van der Waals surface area contributed by atoms with Crippen molar-refractivity contribution < 1.29 is 0 Å². The van der Waals surface area contributed by atoms with Crippen LogP contribution in [0.4, 0.5) is 0 Å². The van der Waals surface area contributed by atoms with Crippen molar-refractivity contribution in [3.63, 3.8) is 0 Å². The van der Waals surface area contributed by atoms with E-state index in [1.807, 2.05) is 0 Å². The van der Waals surface area contributed by atoms with Crippen LogP contribution in [0.15, 0.2) is 0 Å². The Kier molecular flexibility index (Phi) is 0.189. The van der Waals surface area contributed by atoms with Crippen LogP contribution in [0.2, 0.25) is 0 Å². The molecule has 5 saturated carbocycles. The van der Waals surface area contributed by atoms with Crippen molar-refractivity contribution in [2.75, 3.05) is 0 Å². The first-order valence-corrected chi connectivity index (χ1v) is 4.43. The van der Waals surface area contributed by atoms with Gasteiger partial charge in [-0.3, -0.25) is 0 Å². The third-order valence-corrected chi connectivity index (χ3v) is 5.99. The Bertz CT molecular complexity index is 239. The maximum atomic E-state index is 1.65. The number of rotatable bonds is 0. The van der Waals surface area contributed by atoms with Gasteiger partial charge in [-0.25, -0.2) is 0 Å². The molecular weight excluding hydrogens is 108 g/mol. The molecule has 0 bridgehead atoms. The van der Waals surface area contributed by atoms with E-state index in [-0.39, 0.29) is 0 Å². The van der Waals surface area contributed by atoms with Gasteiger partial charge in [0.05, 0.1) is 0 Å². The Hall–Kier alpha value is 0. The molecule has 0 heteroatoms. The molecule has 3 spiro atoms. The Morgan fingerprint density at radius 3 is 1.67 bits per heavy atom. The fraction of sp³-hybridized carbons (Fsp3) is 1.00. The lowest BCUT2D eigenvalue weighted by Gasteiger charge is -2.37.